The monoisotopic (exact) mass is 354 g/mol. The Morgan fingerprint density at radius 3 is 2.17 bits per heavy atom. The number of unbranched alkanes of at least 4 members (excludes halogenated alkanes) is 1. The van der Waals surface area contributed by atoms with E-state index in [1.165, 1.54) is 16.1 Å². The number of sulfonamides is 1. The third-order valence-corrected chi connectivity index (χ3v) is 5.19. The number of nitrogens with zero attached hydrogens (tertiary/aromatic N) is 1. The lowest BCUT2D eigenvalue weighted by molar-refractivity contribution is 0.0951. The molecule has 0 atom stereocenters. The number of nitrogens with one attached hydrogen (secondary N) is 1. The van der Waals surface area contributed by atoms with Crippen LogP contribution < -0.4 is 5.32 Å². The van der Waals surface area contributed by atoms with E-state index in [2.05, 4.69) is 26.1 Å². The molecule has 1 aromatic rings. The molecule has 0 fully saturated rings. The molecule has 0 bridgehead atoms. The number of carbonyl (C=O) groups is 1. The molecule has 6 heteroatoms. The number of hydrogen-bond donors (Lipinski definition) is 1. The first-order chi connectivity index (χ1) is 11.1. The SMILES string of the molecule is CCCCN(CCNC(=O)c1ccc(C(C)(C)C)cc1)S(C)(=O)=O. The van der Waals surface area contributed by atoms with Crippen LogP contribution in [0.2, 0.25) is 0 Å². The largest absolute Gasteiger partial charge is 0.351 e. The zero-order chi connectivity index (χ0) is 18.4. The predicted octanol–water partition coefficient (Wildman–Crippen LogP) is 2.78. The van der Waals surface area contributed by atoms with Crippen LogP contribution in [0.5, 0.6) is 0 Å². The van der Waals surface area contributed by atoms with Crippen molar-refractivity contribution in [3.63, 3.8) is 0 Å². The van der Waals surface area contributed by atoms with E-state index in [0.717, 1.165) is 12.8 Å². The van der Waals surface area contributed by atoms with Gasteiger partial charge >= 0.3 is 0 Å². The summed E-state index contributed by atoms with van der Waals surface area (Å²) >= 11 is 0. The summed E-state index contributed by atoms with van der Waals surface area (Å²) in [7, 11) is -3.24. The molecule has 0 saturated heterocycles. The second-order valence-corrected chi connectivity index (χ2v) is 9.08. The van der Waals surface area contributed by atoms with Gasteiger partial charge in [0.05, 0.1) is 6.26 Å². The van der Waals surface area contributed by atoms with Gasteiger partial charge in [-0.3, -0.25) is 4.79 Å². The van der Waals surface area contributed by atoms with E-state index in [0.29, 0.717) is 25.2 Å². The van der Waals surface area contributed by atoms with Crippen molar-refractivity contribution in [3.8, 4) is 0 Å². The molecule has 1 aromatic carbocycles. The summed E-state index contributed by atoms with van der Waals surface area (Å²) in [6, 6.07) is 7.53. The van der Waals surface area contributed by atoms with Crippen molar-refractivity contribution in [2.75, 3.05) is 25.9 Å². The Balaban J connectivity index is 2.59. The van der Waals surface area contributed by atoms with Gasteiger partial charge in [-0.2, -0.15) is 0 Å². The first-order valence-corrected chi connectivity index (χ1v) is 10.2. The van der Waals surface area contributed by atoms with Gasteiger partial charge in [0.2, 0.25) is 10.0 Å². The number of hydrogen-bond acceptors (Lipinski definition) is 3. The maximum absolute atomic E-state index is 12.2. The summed E-state index contributed by atoms with van der Waals surface area (Å²) in [6.45, 7) is 9.48. The minimum absolute atomic E-state index is 0.0459. The molecule has 0 aliphatic carbocycles. The Kier molecular flexibility index (Phi) is 7.42. The van der Waals surface area contributed by atoms with Crippen LogP contribution in [-0.4, -0.2) is 44.5 Å². The molecule has 0 aliphatic heterocycles. The van der Waals surface area contributed by atoms with E-state index < -0.39 is 10.0 Å². The third-order valence-electron chi connectivity index (χ3n) is 3.89. The smallest absolute Gasteiger partial charge is 0.251 e. The molecule has 0 aromatic heterocycles. The first-order valence-electron chi connectivity index (χ1n) is 8.39. The lowest BCUT2D eigenvalue weighted by Crippen LogP contribution is -2.38. The van der Waals surface area contributed by atoms with Gasteiger partial charge in [0.1, 0.15) is 0 Å². The van der Waals surface area contributed by atoms with Gasteiger partial charge in [0, 0.05) is 25.2 Å². The van der Waals surface area contributed by atoms with Crippen LogP contribution in [0, 0.1) is 0 Å². The summed E-state index contributed by atoms with van der Waals surface area (Å²) in [4.78, 5) is 12.2. The average Bonchev–Trinajstić information content (AvgIpc) is 2.48. The Bertz CT molecular complexity index is 631. The quantitative estimate of drug-likeness (QED) is 0.780. The highest BCUT2D eigenvalue weighted by molar-refractivity contribution is 7.88. The van der Waals surface area contributed by atoms with Gasteiger partial charge < -0.3 is 5.32 Å². The number of carbonyl (C=O) groups excluding carboxylic acids is 1. The standard InChI is InChI=1S/C18H30N2O3S/c1-6-7-13-20(24(5,22)23)14-12-19-17(21)15-8-10-16(11-9-15)18(2,3)4/h8-11H,6-7,12-14H2,1-5H3,(H,19,21). The summed E-state index contributed by atoms with van der Waals surface area (Å²) < 4.78 is 24.9. The minimum atomic E-state index is -3.24. The van der Waals surface area contributed by atoms with E-state index in [1.54, 1.807) is 12.1 Å². The maximum atomic E-state index is 12.2. The van der Waals surface area contributed by atoms with Crippen LogP contribution in [0.3, 0.4) is 0 Å². The molecule has 0 radical (unpaired) electrons. The van der Waals surface area contributed by atoms with Crippen molar-refractivity contribution in [2.45, 2.75) is 46.0 Å². The van der Waals surface area contributed by atoms with Crippen molar-refractivity contribution in [1.82, 2.24) is 9.62 Å². The molecule has 136 valence electrons. The second kappa shape index (κ2) is 8.62. The van der Waals surface area contributed by atoms with Gasteiger partial charge in [-0.05, 0) is 29.5 Å². The molecule has 0 aliphatic rings. The normalized spacial score (nSPS) is 12.4. The maximum Gasteiger partial charge on any atom is 0.251 e. The van der Waals surface area contributed by atoms with E-state index in [4.69, 9.17) is 0 Å². The summed E-state index contributed by atoms with van der Waals surface area (Å²) in [6.07, 6.45) is 2.95. The molecule has 0 spiro atoms. The molecule has 0 heterocycles. The van der Waals surface area contributed by atoms with E-state index in [9.17, 15) is 13.2 Å². The fourth-order valence-corrected chi connectivity index (χ4v) is 3.18. The lowest BCUT2D eigenvalue weighted by Gasteiger charge is -2.20. The molecule has 5 nitrogen and oxygen atoms in total. The highest BCUT2D eigenvalue weighted by Crippen LogP contribution is 2.22. The molecular formula is C18H30N2O3S. The third kappa shape index (κ3) is 6.61. The van der Waals surface area contributed by atoms with Crippen LogP contribution in [0.1, 0.15) is 56.5 Å². The number of amides is 1. The predicted molar refractivity (Wildman–Crippen MR) is 98.8 cm³/mol. The van der Waals surface area contributed by atoms with Gasteiger partial charge in [-0.15, -0.1) is 0 Å². The van der Waals surface area contributed by atoms with Crippen LogP contribution in [0.4, 0.5) is 0 Å². The summed E-state index contributed by atoms with van der Waals surface area (Å²) in [5, 5.41) is 2.79. The van der Waals surface area contributed by atoms with Crippen molar-refractivity contribution in [3.05, 3.63) is 35.4 Å². The van der Waals surface area contributed by atoms with Gasteiger partial charge in [0.25, 0.3) is 5.91 Å². The minimum Gasteiger partial charge on any atom is -0.351 e. The van der Waals surface area contributed by atoms with Crippen LogP contribution in [0.15, 0.2) is 24.3 Å². The molecule has 0 saturated carbocycles. The molecule has 1 amide bonds. The number of rotatable bonds is 8. The fourth-order valence-electron chi connectivity index (χ4n) is 2.30. The Morgan fingerprint density at radius 1 is 1.12 bits per heavy atom. The van der Waals surface area contributed by atoms with Gasteiger partial charge in [-0.1, -0.05) is 46.2 Å². The highest BCUT2D eigenvalue weighted by Gasteiger charge is 2.17. The molecule has 1 N–H and O–H groups in total. The topological polar surface area (TPSA) is 66.5 Å². The first kappa shape index (κ1) is 20.6. The Labute approximate surface area is 146 Å². The van der Waals surface area contributed by atoms with Crippen LogP contribution in [0.25, 0.3) is 0 Å². The van der Waals surface area contributed by atoms with E-state index in [-0.39, 0.29) is 11.3 Å². The van der Waals surface area contributed by atoms with Crippen LogP contribution in [-0.2, 0) is 15.4 Å². The van der Waals surface area contributed by atoms with Crippen molar-refractivity contribution >= 4 is 15.9 Å². The lowest BCUT2D eigenvalue weighted by atomic mass is 9.87. The molecule has 0 unspecified atom stereocenters. The van der Waals surface area contributed by atoms with E-state index in [1.807, 2.05) is 19.1 Å². The zero-order valence-corrected chi connectivity index (χ0v) is 16.2. The Morgan fingerprint density at radius 2 is 1.71 bits per heavy atom. The summed E-state index contributed by atoms with van der Waals surface area (Å²) in [5.41, 5.74) is 1.80. The fraction of sp³-hybridized carbons (Fsp3) is 0.611. The van der Waals surface area contributed by atoms with Crippen LogP contribution >= 0.6 is 0 Å². The second-order valence-electron chi connectivity index (χ2n) is 7.10. The van der Waals surface area contributed by atoms with Crippen molar-refractivity contribution in [1.29, 1.82) is 0 Å². The van der Waals surface area contributed by atoms with Gasteiger partial charge in [-0.25, -0.2) is 12.7 Å². The number of benzene rings is 1. The molecule has 24 heavy (non-hydrogen) atoms. The summed E-state index contributed by atoms with van der Waals surface area (Å²) in [5.74, 6) is -0.181. The van der Waals surface area contributed by atoms with Crippen molar-refractivity contribution < 1.29 is 13.2 Å². The molecule has 1 rings (SSSR count). The van der Waals surface area contributed by atoms with Gasteiger partial charge in [0.15, 0.2) is 0 Å². The average molecular weight is 355 g/mol. The zero-order valence-electron chi connectivity index (χ0n) is 15.4. The Hall–Kier alpha value is -1.40. The molecular weight excluding hydrogens is 324 g/mol. The van der Waals surface area contributed by atoms with E-state index >= 15 is 0 Å². The highest BCUT2D eigenvalue weighted by atomic mass is 32.2. The van der Waals surface area contributed by atoms with Crippen molar-refractivity contribution in [2.24, 2.45) is 0 Å².